The maximum Gasteiger partial charge on any atom is 0.252 e. The van der Waals surface area contributed by atoms with Crippen LogP contribution >= 0.6 is 23.2 Å². The van der Waals surface area contributed by atoms with Crippen LogP contribution in [0.4, 0.5) is 0 Å². The Labute approximate surface area is 119 Å². The molecule has 0 bridgehead atoms. The van der Waals surface area contributed by atoms with Crippen LogP contribution in [0, 0.1) is 0 Å². The first kappa shape index (κ1) is 13.8. The maximum absolute atomic E-state index is 12.1. The van der Waals surface area contributed by atoms with Crippen LogP contribution in [0.1, 0.15) is 29.1 Å². The largest absolute Gasteiger partial charge is 0.342 e. The average Bonchev–Trinajstić information content (AvgIpc) is 2.74. The quantitative estimate of drug-likeness (QED) is 0.880. The van der Waals surface area contributed by atoms with Gasteiger partial charge in [0.15, 0.2) is 5.82 Å². The molecule has 0 aliphatic carbocycles. The normalized spacial score (nSPS) is 12.2. The van der Waals surface area contributed by atoms with Gasteiger partial charge in [-0.25, -0.2) is 4.98 Å². The van der Waals surface area contributed by atoms with Crippen molar-refractivity contribution in [2.45, 2.75) is 13.0 Å². The fourth-order valence-electron chi connectivity index (χ4n) is 1.62. The van der Waals surface area contributed by atoms with Crippen LogP contribution in [0.2, 0.25) is 10.3 Å². The second kappa shape index (κ2) is 5.54. The summed E-state index contributed by atoms with van der Waals surface area (Å²) in [6.45, 7) is 1.81. The van der Waals surface area contributed by atoms with E-state index in [1.165, 1.54) is 12.1 Å². The highest BCUT2D eigenvalue weighted by atomic mass is 35.5. The Hall–Kier alpha value is -1.66. The highest BCUT2D eigenvalue weighted by Gasteiger charge is 2.16. The van der Waals surface area contributed by atoms with E-state index < -0.39 is 0 Å². The summed E-state index contributed by atoms with van der Waals surface area (Å²) in [5.41, 5.74) is 0.346. The fraction of sp³-hybridized carbons (Fsp3) is 0.273. The molecule has 8 heteroatoms. The number of amides is 1. The number of carbonyl (C=O) groups excluding carboxylic acids is 1. The van der Waals surface area contributed by atoms with Gasteiger partial charge in [0, 0.05) is 12.6 Å². The van der Waals surface area contributed by atoms with Gasteiger partial charge < -0.3 is 9.88 Å². The molecule has 1 amide bonds. The monoisotopic (exact) mass is 299 g/mol. The first-order chi connectivity index (χ1) is 8.97. The van der Waals surface area contributed by atoms with E-state index >= 15 is 0 Å². The van der Waals surface area contributed by atoms with Gasteiger partial charge in [0.1, 0.15) is 16.6 Å². The van der Waals surface area contributed by atoms with Crippen molar-refractivity contribution in [3.05, 3.63) is 40.2 Å². The van der Waals surface area contributed by atoms with Crippen molar-refractivity contribution in [2.75, 3.05) is 0 Å². The van der Waals surface area contributed by atoms with E-state index in [4.69, 9.17) is 23.2 Å². The molecule has 100 valence electrons. The highest BCUT2D eigenvalue weighted by molar-refractivity contribution is 6.33. The van der Waals surface area contributed by atoms with Gasteiger partial charge in [-0.05, 0) is 19.1 Å². The Morgan fingerprint density at radius 1 is 1.37 bits per heavy atom. The molecule has 1 unspecified atom stereocenters. The van der Waals surface area contributed by atoms with Crippen LogP contribution in [0.3, 0.4) is 0 Å². The van der Waals surface area contributed by atoms with Crippen LogP contribution in [0.25, 0.3) is 0 Å². The van der Waals surface area contributed by atoms with Crippen molar-refractivity contribution in [1.82, 2.24) is 25.1 Å². The first-order valence-corrected chi connectivity index (χ1v) is 6.21. The molecule has 19 heavy (non-hydrogen) atoms. The smallest absolute Gasteiger partial charge is 0.252 e. The third-order valence-corrected chi connectivity index (χ3v) is 2.89. The van der Waals surface area contributed by atoms with E-state index in [0.717, 1.165) is 0 Å². The lowest BCUT2D eigenvalue weighted by atomic mass is 10.2. The van der Waals surface area contributed by atoms with E-state index in [1.807, 2.05) is 6.92 Å². The lowest BCUT2D eigenvalue weighted by Crippen LogP contribution is -2.28. The van der Waals surface area contributed by atoms with Gasteiger partial charge >= 0.3 is 0 Å². The molecule has 1 atom stereocenters. The van der Waals surface area contributed by atoms with E-state index in [9.17, 15) is 4.79 Å². The third-order valence-electron chi connectivity index (χ3n) is 2.51. The van der Waals surface area contributed by atoms with Gasteiger partial charge in [-0.3, -0.25) is 4.79 Å². The second-order valence-electron chi connectivity index (χ2n) is 4.00. The number of aromatic nitrogens is 4. The molecule has 0 aromatic carbocycles. The standard InChI is InChI=1S/C11H11Cl2N5O/c1-6(10-17-14-5-18(10)2)15-11(19)7-3-8(12)16-9(13)4-7/h3-6H,1-2H3,(H,15,19). The van der Waals surface area contributed by atoms with Crippen LogP contribution < -0.4 is 5.32 Å². The molecule has 2 aromatic heterocycles. The zero-order valence-corrected chi connectivity index (χ0v) is 11.8. The second-order valence-corrected chi connectivity index (χ2v) is 4.77. The molecule has 0 spiro atoms. The first-order valence-electron chi connectivity index (χ1n) is 5.45. The van der Waals surface area contributed by atoms with Crippen molar-refractivity contribution in [1.29, 1.82) is 0 Å². The molecule has 0 saturated heterocycles. The summed E-state index contributed by atoms with van der Waals surface area (Å²) in [7, 11) is 1.80. The summed E-state index contributed by atoms with van der Waals surface area (Å²) < 4.78 is 1.73. The van der Waals surface area contributed by atoms with Gasteiger partial charge in [0.25, 0.3) is 5.91 Å². The molecule has 0 fully saturated rings. The molecular weight excluding hydrogens is 289 g/mol. The Bertz CT molecular complexity index is 593. The lowest BCUT2D eigenvalue weighted by molar-refractivity contribution is 0.0937. The SMILES string of the molecule is CC(NC(=O)c1cc(Cl)nc(Cl)c1)c1nncn1C. The summed E-state index contributed by atoms with van der Waals surface area (Å²) in [6.07, 6.45) is 1.57. The van der Waals surface area contributed by atoms with Crippen LogP contribution in [0.15, 0.2) is 18.5 Å². The highest BCUT2D eigenvalue weighted by Crippen LogP contribution is 2.16. The lowest BCUT2D eigenvalue weighted by Gasteiger charge is -2.13. The number of halogens is 2. The molecule has 0 radical (unpaired) electrons. The topological polar surface area (TPSA) is 72.7 Å². The summed E-state index contributed by atoms with van der Waals surface area (Å²) >= 11 is 11.5. The third kappa shape index (κ3) is 3.21. The zero-order chi connectivity index (χ0) is 14.0. The van der Waals surface area contributed by atoms with Crippen molar-refractivity contribution in [2.24, 2.45) is 7.05 Å². The van der Waals surface area contributed by atoms with Gasteiger partial charge in [-0.2, -0.15) is 0 Å². The number of pyridine rings is 1. The number of nitrogens with zero attached hydrogens (tertiary/aromatic N) is 4. The van der Waals surface area contributed by atoms with Gasteiger partial charge in [0.2, 0.25) is 0 Å². The van der Waals surface area contributed by atoms with Crippen LogP contribution in [-0.4, -0.2) is 25.7 Å². The van der Waals surface area contributed by atoms with Crippen molar-refractivity contribution < 1.29 is 4.79 Å². The maximum atomic E-state index is 12.1. The number of rotatable bonds is 3. The van der Waals surface area contributed by atoms with Crippen LogP contribution in [-0.2, 0) is 7.05 Å². The predicted octanol–water partition coefficient (Wildman–Crippen LogP) is 2.01. The number of carbonyl (C=O) groups is 1. The van der Waals surface area contributed by atoms with E-state index in [1.54, 1.807) is 17.9 Å². The number of nitrogens with one attached hydrogen (secondary N) is 1. The molecule has 6 nitrogen and oxygen atoms in total. The van der Waals surface area contributed by atoms with E-state index in [2.05, 4.69) is 20.5 Å². The molecule has 2 heterocycles. The predicted molar refractivity (Wildman–Crippen MR) is 71.1 cm³/mol. The number of hydrogen-bond donors (Lipinski definition) is 1. The summed E-state index contributed by atoms with van der Waals surface area (Å²) in [4.78, 5) is 15.8. The molecular formula is C11H11Cl2N5O. The van der Waals surface area contributed by atoms with E-state index in [0.29, 0.717) is 11.4 Å². The van der Waals surface area contributed by atoms with E-state index in [-0.39, 0.29) is 22.3 Å². The minimum Gasteiger partial charge on any atom is -0.342 e. The summed E-state index contributed by atoms with van der Waals surface area (Å²) in [5, 5.41) is 10.8. The van der Waals surface area contributed by atoms with Crippen molar-refractivity contribution in [3.8, 4) is 0 Å². The molecule has 1 N–H and O–H groups in total. The minimum atomic E-state index is -0.304. The fourth-order valence-corrected chi connectivity index (χ4v) is 2.09. The summed E-state index contributed by atoms with van der Waals surface area (Å²) in [5.74, 6) is 0.348. The Kier molecular flexibility index (Phi) is 4.01. The molecule has 2 rings (SSSR count). The number of aryl methyl sites for hydroxylation is 1. The minimum absolute atomic E-state index is 0.170. The zero-order valence-electron chi connectivity index (χ0n) is 10.3. The number of hydrogen-bond acceptors (Lipinski definition) is 4. The Balaban J connectivity index is 2.15. The van der Waals surface area contributed by atoms with Crippen molar-refractivity contribution >= 4 is 29.1 Å². The Morgan fingerprint density at radius 3 is 2.53 bits per heavy atom. The molecule has 2 aromatic rings. The van der Waals surface area contributed by atoms with Gasteiger partial charge in [-0.15, -0.1) is 10.2 Å². The van der Waals surface area contributed by atoms with Gasteiger partial charge in [0.05, 0.1) is 6.04 Å². The molecule has 0 aliphatic rings. The van der Waals surface area contributed by atoms with Crippen LogP contribution in [0.5, 0.6) is 0 Å². The van der Waals surface area contributed by atoms with Gasteiger partial charge in [-0.1, -0.05) is 23.2 Å². The molecule has 0 aliphatic heterocycles. The Morgan fingerprint density at radius 2 is 2.00 bits per heavy atom. The average molecular weight is 300 g/mol. The molecule has 0 saturated carbocycles. The summed E-state index contributed by atoms with van der Waals surface area (Å²) in [6, 6.07) is 2.61. The van der Waals surface area contributed by atoms with Crippen molar-refractivity contribution in [3.63, 3.8) is 0 Å².